The summed E-state index contributed by atoms with van der Waals surface area (Å²) in [5.41, 5.74) is 1.46. The van der Waals surface area contributed by atoms with Crippen LogP contribution < -0.4 is 0 Å². The Labute approximate surface area is 144 Å². The van der Waals surface area contributed by atoms with Gasteiger partial charge in [-0.15, -0.1) is 0 Å². The van der Waals surface area contributed by atoms with Crippen molar-refractivity contribution >= 4 is 14.0 Å². The van der Waals surface area contributed by atoms with Gasteiger partial charge in [0.2, 0.25) is 0 Å². The van der Waals surface area contributed by atoms with Gasteiger partial charge >= 0.3 is 5.97 Å². The van der Waals surface area contributed by atoms with E-state index in [-0.39, 0.29) is 23.8 Å². The number of hydrogen-bond donors (Lipinski definition) is 1. The third-order valence-electron chi connectivity index (χ3n) is 4.71. The van der Waals surface area contributed by atoms with E-state index in [4.69, 9.17) is 4.74 Å². The van der Waals surface area contributed by atoms with E-state index in [0.717, 1.165) is 11.7 Å². The van der Waals surface area contributed by atoms with Crippen LogP contribution in [0.1, 0.15) is 35.6 Å². The van der Waals surface area contributed by atoms with Crippen LogP contribution in [0.3, 0.4) is 0 Å². The molecule has 132 valence electrons. The van der Waals surface area contributed by atoms with Crippen molar-refractivity contribution < 1.29 is 14.6 Å². The molecule has 0 bridgehead atoms. The lowest BCUT2D eigenvalue weighted by molar-refractivity contribution is 0.0667. The van der Waals surface area contributed by atoms with Gasteiger partial charge < -0.3 is 9.84 Å². The number of carbonyl (C=O) groups is 1. The Bertz CT molecular complexity index is 668. The second-order valence-corrected chi connectivity index (χ2v) is 14.1. The first-order valence-electron chi connectivity index (χ1n) is 8.34. The quantitative estimate of drug-likeness (QED) is 0.629. The SMILES string of the molecule is CC1(C)Cc2c(c(C(=O)O)nn2COCC[Si](C)(C)C)CC1C#N. The number of fused-ring (bicyclic) bond motifs is 1. The summed E-state index contributed by atoms with van der Waals surface area (Å²) in [5, 5.41) is 23.1. The van der Waals surface area contributed by atoms with Gasteiger partial charge in [0.25, 0.3) is 0 Å². The normalized spacial score (nSPS) is 19.6. The van der Waals surface area contributed by atoms with E-state index in [2.05, 4.69) is 30.8 Å². The van der Waals surface area contributed by atoms with Crippen molar-refractivity contribution in [2.45, 2.75) is 59.1 Å². The fraction of sp³-hybridized carbons (Fsp3) is 0.706. The topological polar surface area (TPSA) is 88.1 Å². The van der Waals surface area contributed by atoms with Gasteiger partial charge in [-0.2, -0.15) is 10.4 Å². The summed E-state index contributed by atoms with van der Waals surface area (Å²) in [7, 11) is -1.16. The van der Waals surface area contributed by atoms with Crippen LogP contribution in [0.15, 0.2) is 0 Å². The second-order valence-electron chi connectivity index (χ2n) is 8.48. The molecule has 0 spiro atoms. The Kier molecular flexibility index (Phi) is 5.21. The maximum absolute atomic E-state index is 11.5. The molecule has 1 heterocycles. The highest BCUT2D eigenvalue weighted by Gasteiger charge is 2.40. The highest BCUT2D eigenvalue weighted by atomic mass is 28.3. The molecule has 0 aliphatic heterocycles. The van der Waals surface area contributed by atoms with Crippen LogP contribution in [-0.2, 0) is 24.3 Å². The van der Waals surface area contributed by atoms with Crippen molar-refractivity contribution in [3.63, 3.8) is 0 Å². The van der Waals surface area contributed by atoms with Gasteiger partial charge in [-0.3, -0.25) is 0 Å². The number of carboxylic acid groups (broad SMARTS) is 1. The molecular formula is C17H27N3O3Si. The zero-order chi connectivity index (χ0) is 18.1. The van der Waals surface area contributed by atoms with Crippen molar-refractivity contribution in [1.82, 2.24) is 9.78 Å². The number of rotatable bonds is 6. The summed E-state index contributed by atoms with van der Waals surface area (Å²) in [6.45, 7) is 11.9. The molecule has 0 saturated carbocycles. The van der Waals surface area contributed by atoms with E-state index < -0.39 is 14.0 Å². The third kappa shape index (κ3) is 4.05. The Morgan fingerprint density at radius 1 is 1.50 bits per heavy atom. The summed E-state index contributed by atoms with van der Waals surface area (Å²) in [6.07, 6.45) is 1.08. The molecule has 1 aromatic rings. The van der Waals surface area contributed by atoms with Crippen LogP contribution in [0.2, 0.25) is 25.7 Å². The molecule has 1 aliphatic rings. The smallest absolute Gasteiger partial charge is 0.356 e. The fourth-order valence-electron chi connectivity index (χ4n) is 3.01. The predicted octanol–water partition coefficient (Wildman–Crippen LogP) is 3.16. The first kappa shape index (κ1) is 18.7. The molecule has 0 amide bonds. The summed E-state index contributed by atoms with van der Waals surface area (Å²) in [4.78, 5) is 11.5. The maximum atomic E-state index is 11.5. The average molecular weight is 350 g/mol. The first-order valence-corrected chi connectivity index (χ1v) is 12.0. The van der Waals surface area contributed by atoms with Gasteiger partial charge in [-0.25, -0.2) is 9.48 Å². The molecular weight excluding hydrogens is 322 g/mol. The molecule has 6 nitrogen and oxygen atoms in total. The molecule has 0 aromatic carbocycles. The summed E-state index contributed by atoms with van der Waals surface area (Å²) in [6, 6.07) is 3.38. The van der Waals surface area contributed by atoms with Gasteiger partial charge in [-0.05, 0) is 24.3 Å². The molecule has 1 aliphatic carbocycles. The summed E-state index contributed by atoms with van der Waals surface area (Å²) >= 11 is 0. The molecule has 1 N–H and O–H groups in total. The van der Waals surface area contributed by atoms with Crippen LogP contribution in [0.4, 0.5) is 0 Å². The van der Waals surface area contributed by atoms with Crippen LogP contribution in [0.5, 0.6) is 0 Å². The second kappa shape index (κ2) is 6.69. The first-order chi connectivity index (χ1) is 11.0. The maximum Gasteiger partial charge on any atom is 0.356 e. The van der Waals surface area contributed by atoms with Crippen LogP contribution in [0.25, 0.3) is 0 Å². The van der Waals surface area contributed by atoms with Gasteiger partial charge in [0, 0.05) is 25.9 Å². The molecule has 7 heteroatoms. The molecule has 0 radical (unpaired) electrons. The van der Waals surface area contributed by atoms with Gasteiger partial charge in [0.15, 0.2) is 5.69 Å². The molecule has 24 heavy (non-hydrogen) atoms. The van der Waals surface area contributed by atoms with E-state index in [0.29, 0.717) is 25.0 Å². The van der Waals surface area contributed by atoms with E-state index in [1.54, 1.807) is 4.68 Å². The minimum atomic E-state index is -1.16. The lowest BCUT2D eigenvalue weighted by atomic mass is 9.68. The van der Waals surface area contributed by atoms with E-state index in [1.807, 2.05) is 13.8 Å². The van der Waals surface area contributed by atoms with Crippen molar-refractivity contribution in [3.05, 3.63) is 17.0 Å². The zero-order valence-electron chi connectivity index (χ0n) is 15.2. The number of aromatic carboxylic acids is 1. The third-order valence-corrected chi connectivity index (χ3v) is 6.41. The number of ether oxygens (including phenoxy) is 1. The molecule has 0 saturated heterocycles. The van der Waals surface area contributed by atoms with Gasteiger partial charge in [0.05, 0.1) is 12.0 Å². The predicted molar refractivity (Wildman–Crippen MR) is 93.6 cm³/mol. The Morgan fingerprint density at radius 2 is 2.17 bits per heavy atom. The highest BCUT2D eigenvalue weighted by Crippen LogP contribution is 2.40. The van der Waals surface area contributed by atoms with Crippen LogP contribution >= 0.6 is 0 Å². The lowest BCUT2D eigenvalue weighted by Crippen LogP contribution is -2.33. The average Bonchev–Trinajstić information content (AvgIpc) is 2.78. The minimum absolute atomic E-state index is 0.0644. The van der Waals surface area contributed by atoms with Crippen LogP contribution in [-0.4, -0.2) is 35.5 Å². The number of hydrogen-bond acceptors (Lipinski definition) is 4. The Hall–Kier alpha value is -1.65. The Morgan fingerprint density at radius 3 is 2.71 bits per heavy atom. The highest BCUT2D eigenvalue weighted by molar-refractivity contribution is 6.76. The molecule has 1 atom stereocenters. The summed E-state index contributed by atoms with van der Waals surface area (Å²) < 4.78 is 7.43. The monoisotopic (exact) mass is 349 g/mol. The van der Waals surface area contributed by atoms with Crippen molar-refractivity contribution in [2.75, 3.05) is 6.61 Å². The van der Waals surface area contributed by atoms with Crippen molar-refractivity contribution in [3.8, 4) is 6.07 Å². The molecule has 1 unspecified atom stereocenters. The molecule has 0 fully saturated rings. The zero-order valence-corrected chi connectivity index (χ0v) is 16.2. The standard InChI is InChI=1S/C17H27N3O3Si/c1-17(2)9-14-13(8-12(17)10-18)15(16(21)22)19-20(14)11-23-6-7-24(3,4)5/h12H,6-9,11H2,1-5H3,(H,21,22). The summed E-state index contributed by atoms with van der Waals surface area (Å²) in [5.74, 6) is -1.24. The number of aromatic nitrogens is 2. The van der Waals surface area contributed by atoms with E-state index in [9.17, 15) is 15.2 Å². The largest absolute Gasteiger partial charge is 0.476 e. The number of nitriles is 1. The molecule has 2 rings (SSSR count). The molecule has 1 aromatic heterocycles. The minimum Gasteiger partial charge on any atom is -0.476 e. The van der Waals surface area contributed by atoms with Gasteiger partial charge in [-0.1, -0.05) is 33.5 Å². The fourth-order valence-corrected chi connectivity index (χ4v) is 3.77. The number of carboxylic acids is 1. The van der Waals surface area contributed by atoms with E-state index in [1.165, 1.54) is 0 Å². The lowest BCUT2D eigenvalue weighted by Gasteiger charge is -2.34. The Balaban J connectivity index is 2.22. The van der Waals surface area contributed by atoms with Crippen molar-refractivity contribution in [1.29, 1.82) is 5.26 Å². The number of nitrogens with zero attached hydrogens (tertiary/aromatic N) is 3. The van der Waals surface area contributed by atoms with Crippen LogP contribution in [0, 0.1) is 22.7 Å². The van der Waals surface area contributed by atoms with Gasteiger partial charge in [0.1, 0.15) is 6.73 Å². The van der Waals surface area contributed by atoms with Crippen molar-refractivity contribution in [2.24, 2.45) is 11.3 Å². The van der Waals surface area contributed by atoms with E-state index >= 15 is 0 Å².